The van der Waals surface area contributed by atoms with Crippen molar-refractivity contribution in [3.63, 3.8) is 0 Å². The van der Waals surface area contributed by atoms with Crippen molar-refractivity contribution in [2.45, 2.75) is 54.0 Å². The Morgan fingerprint density at radius 2 is 1.63 bits per heavy atom. The van der Waals surface area contributed by atoms with E-state index in [0.717, 1.165) is 5.96 Å². The molecule has 2 aliphatic rings. The summed E-state index contributed by atoms with van der Waals surface area (Å²) in [4.78, 5) is 11.3. The van der Waals surface area contributed by atoms with Crippen LogP contribution in [0.3, 0.4) is 0 Å². The summed E-state index contributed by atoms with van der Waals surface area (Å²) in [6, 6.07) is 0. The minimum Gasteiger partial charge on any atom is -0.294 e. The molecule has 19 heavy (non-hydrogen) atoms. The Morgan fingerprint density at radius 3 is 2.21 bits per heavy atom. The lowest BCUT2D eigenvalue weighted by Crippen LogP contribution is -2.35. The van der Waals surface area contributed by atoms with Gasteiger partial charge in [0.2, 0.25) is 5.96 Å². The second-order valence-corrected chi connectivity index (χ2v) is 5.91. The molecule has 0 aromatic carbocycles. The van der Waals surface area contributed by atoms with Crippen LogP contribution in [0.2, 0.25) is 0 Å². The second kappa shape index (κ2) is 5.72. The third-order valence-electron chi connectivity index (χ3n) is 3.49. The Hall–Kier alpha value is -1.38. The van der Waals surface area contributed by atoms with E-state index in [1.165, 1.54) is 0 Å². The van der Waals surface area contributed by atoms with Gasteiger partial charge in [-0.2, -0.15) is 0 Å². The van der Waals surface area contributed by atoms with Gasteiger partial charge in [-0.15, -0.1) is 0 Å². The van der Waals surface area contributed by atoms with Crippen LogP contribution in [0.5, 0.6) is 0 Å². The highest BCUT2D eigenvalue weighted by Gasteiger charge is 2.30. The third kappa shape index (κ3) is 3.55. The molecule has 1 atom stereocenters. The normalized spacial score (nSPS) is 27.4. The number of fused-ring (bicyclic) bond motifs is 1. The number of rotatable bonds is 1. The van der Waals surface area contributed by atoms with Gasteiger partial charge in [-0.3, -0.25) is 4.90 Å². The molecular formula is C16H27N3. The van der Waals surface area contributed by atoms with Crippen LogP contribution in [0, 0.1) is 11.3 Å². The first-order chi connectivity index (χ1) is 8.82. The average Bonchev–Trinajstić information content (AvgIpc) is 2.51. The largest absolute Gasteiger partial charge is 0.294 e. The van der Waals surface area contributed by atoms with Crippen molar-refractivity contribution in [2.24, 2.45) is 21.3 Å². The highest BCUT2D eigenvalue weighted by atomic mass is 15.3. The minimum absolute atomic E-state index is 0.0120. The Bertz CT molecular complexity index is 427. The minimum atomic E-state index is -0.147. The number of hydrogen-bond acceptors (Lipinski definition) is 3. The van der Waals surface area contributed by atoms with Crippen LogP contribution in [0.1, 0.15) is 48.5 Å². The average molecular weight is 261 g/mol. The smallest absolute Gasteiger partial charge is 0.229 e. The highest BCUT2D eigenvalue weighted by molar-refractivity contribution is 5.93. The molecule has 0 aromatic heterocycles. The van der Waals surface area contributed by atoms with Crippen molar-refractivity contribution in [1.29, 1.82) is 0 Å². The Labute approximate surface area is 117 Å². The molecule has 0 saturated carbocycles. The van der Waals surface area contributed by atoms with E-state index < -0.39 is 0 Å². The first-order valence-corrected chi connectivity index (χ1v) is 7.15. The van der Waals surface area contributed by atoms with Crippen LogP contribution in [0.15, 0.2) is 34.5 Å². The van der Waals surface area contributed by atoms with E-state index in [4.69, 9.17) is 4.99 Å². The molecule has 0 bridgehead atoms. The van der Waals surface area contributed by atoms with Gasteiger partial charge in [0.05, 0.1) is 5.54 Å². The van der Waals surface area contributed by atoms with Crippen LogP contribution in [-0.2, 0) is 0 Å². The number of nitrogens with zero attached hydrogens (tertiary/aromatic N) is 3. The summed E-state index contributed by atoms with van der Waals surface area (Å²) in [6.45, 7) is 14.8. The summed E-state index contributed by atoms with van der Waals surface area (Å²) < 4.78 is 0. The molecule has 0 spiro atoms. The summed E-state index contributed by atoms with van der Waals surface area (Å²) in [6.07, 6.45) is 10.4. The van der Waals surface area contributed by atoms with E-state index in [1.807, 2.05) is 31.2 Å². The Morgan fingerprint density at radius 1 is 1.05 bits per heavy atom. The fourth-order valence-corrected chi connectivity index (χ4v) is 1.68. The van der Waals surface area contributed by atoms with E-state index in [-0.39, 0.29) is 11.0 Å². The van der Waals surface area contributed by atoms with Gasteiger partial charge in [0.25, 0.3) is 0 Å². The summed E-state index contributed by atoms with van der Waals surface area (Å²) >= 11 is 0. The van der Waals surface area contributed by atoms with E-state index in [9.17, 15) is 0 Å². The zero-order chi connectivity index (χ0) is 14.7. The van der Waals surface area contributed by atoms with Gasteiger partial charge in [-0.1, -0.05) is 47.6 Å². The zero-order valence-electron chi connectivity index (χ0n) is 13.3. The van der Waals surface area contributed by atoms with E-state index in [1.54, 1.807) is 0 Å². The molecule has 0 N–H and O–H groups in total. The lowest BCUT2D eigenvalue weighted by molar-refractivity contribution is 0.405. The monoisotopic (exact) mass is 261 g/mol. The first kappa shape index (κ1) is 15.7. The van der Waals surface area contributed by atoms with E-state index >= 15 is 0 Å². The maximum atomic E-state index is 4.77. The predicted octanol–water partition coefficient (Wildman–Crippen LogP) is 4.24. The van der Waals surface area contributed by atoms with E-state index in [0.29, 0.717) is 5.92 Å². The van der Waals surface area contributed by atoms with Crippen LogP contribution in [0.4, 0.5) is 0 Å². The van der Waals surface area contributed by atoms with Gasteiger partial charge in [0, 0.05) is 24.0 Å². The molecule has 3 heteroatoms. The molecule has 3 nitrogen and oxygen atoms in total. The van der Waals surface area contributed by atoms with Crippen LogP contribution >= 0.6 is 0 Å². The summed E-state index contributed by atoms with van der Waals surface area (Å²) in [5.74, 6) is 1.24. The van der Waals surface area contributed by atoms with Gasteiger partial charge in [-0.05, 0) is 18.9 Å². The Kier molecular flexibility index (Phi) is 4.72. The summed E-state index contributed by atoms with van der Waals surface area (Å²) in [5.41, 5.74) is -0.159. The van der Waals surface area contributed by atoms with Crippen LogP contribution in [-0.4, -0.2) is 22.6 Å². The zero-order valence-corrected chi connectivity index (χ0v) is 13.3. The first-order valence-electron chi connectivity index (χ1n) is 7.15. The molecule has 1 unspecified atom stereocenters. The molecule has 0 saturated heterocycles. The Balaban J connectivity index is 0.000000861. The maximum absolute atomic E-state index is 4.77. The molecule has 0 fully saturated rings. The van der Waals surface area contributed by atoms with Gasteiger partial charge in [0.15, 0.2) is 0 Å². The number of allylic oxidation sites excluding steroid dienone is 1. The number of hydrogen-bond donors (Lipinski definition) is 0. The van der Waals surface area contributed by atoms with Gasteiger partial charge < -0.3 is 0 Å². The maximum Gasteiger partial charge on any atom is 0.229 e. The predicted molar refractivity (Wildman–Crippen MR) is 84.4 cm³/mol. The molecule has 2 heterocycles. The topological polar surface area (TPSA) is 28.0 Å². The quantitative estimate of drug-likeness (QED) is 0.694. The standard InChI is InChI=1S/C14H21N3.C2H6/c1-11(2)14(5)7-9-17-8-6-13(3,4)10-15-12(17)16-14;1-2/h6-11H,1-5H3;1-2H3. The molecule has 2 rings (SSSR count). The van der Waals surface area contributed by atoms with Gasteiger partial charge >= 0.3 is 0 Å². The number of aliphatic imine (C=N–C) groups is 2. The van der Waals surface area contributed by atoms with Gasteiger partial charge in [0.1, 0.15) is 0 Å². The lowest BCUT2D eigenvalue weighted by atomic mass is 9.88. The van der Waals surface area contributed by atoms with Crippen molar-refractivity contribution in [3.05, 3.63) is 24.6 Å². The molecule has 106 valence electrons. The molecule has 0 radical (unpaired) electrons. The third-order valence-corrected chi connectivity index (χ3v) is 3.49. The molecular weight excluding hydrogens is 234 g/mol. The van der Waals surface area contributed by atoms with Crippen molar-refractivity contribution < 1.29 is 0 Å². The van der Waals surface area contributed by atoms with Gasteiger partial charge in [-0.25, -0.2) is 9.98 Å². The number of guanidine groups is 1. The molecule has 0 aromatic rings. The highest BCUT2D eigenvalue weighted by Crippen LogP contribution is 2.29. The fourth-order valence-electron chi connectivity index (χ4n) is 1.68. The van der Waals surface area contributed by atoms with E-state index in [2.05, 4.69) is 58.0 Å². The summed E-state index contributed by atoms with van der Waals surface area (Å²) in [7, 11) is 0. The molecule has 0 amide bonds. The lowest BCUT2D eigenvalue weighted by Gasteiger charge is -2.32. The molecule has 2 aliphatic heterocycles. The van der Waals surface area contributed by atoms with Crippen molar-refractivity contribution in [1.82, 2.24) is 4.90 Å². The molecule has 0 aliphatic carbocycles. The van der Waals surface area contributed by atoms with Crippen LogP contribution in [0.25, 0.3) is 0 Å². The SMILES string of the molecule is CC.CC(C)C1(C)C=CN2C=CC(C)(C)C=NC2=N1. The van der Waals surface area contributed by atoms with Crippen molar-refractivity contribution in [2.75, 3.05) is 0 Å². The fraction of sp³-hybridized carbons (Fsp3) is 0.625. The summed E-state index contributed by atoms with van der Waals surface area (Å²) in [5, 5.41) is 0. The second-order valence-electron chi connectivity index (χ2n) is 5.91. The van der Waals surface area contributed by atoms with Crippen LogP contribution < -0.4 is 0 Å². The van der Waals surface area contributed by atoms with Crippen molar-refractivity contribution >= 4 is 12.2 Å². The van der Waals surface area contributed by atoms with Crippen molar-refractivity contribution in [3.8, 4) is 0 Å².